The fourth-order valence-electron chi connectivity index (χ4n) is 0.297. The van der Waals surface area contributed by atoms with E-state index in [4.69, 9.17) is 10.2 Å². The second-order valence-corrected chi connectivity index (χ2v) is 1.86. The summed E-state index contributed by atoms with van der Waals surface area (Å²) in [6.07, 6.45) is 0. The summed E-state index contributed by atoms with van der Waals surface area (Å²) in [5.41, 5.74) is -0.843. The quantitative estimate of drug-likeness (QED) is 0.222. The normalized spacial score (nSPS) is 11.1. The van der Waals surface area contributed by atoms with Gasteiger partial charge in [-0.25, -0.2) is 15.4 Å². The van der Waals surface area contributed by atoms with E-state index in [0.717, 1.165) is 6.92 Å². The van der Waals surface area contributed by atoms with Crippen molar-refractivity contribution in [1.82, 2.24) is 5.59 Å². The van der Waals surface area contributed by atoms with E-state index >= 15 is 0 Å². The standard InChI is InChI=1S/C4H8N2O5/c1-4(2(7)8,3(9)10)11-6-5/h6H,5H2,1H3,(H,7,8)(H,9,10). The lowest BCUT2D eigenvalue weighted by molar-refractivity contribution is -0.191. The average Bonchev–Trinajstić information content (AvgIpc) is 1.87. The van der Waals surface area contributed by atoms with Gasteiger partial charge in [0.25, 0.3) is 5.60 Å². The third-order valence-corrected chi connectivity index (χ3v) is 1.08. The first-order valence-electron chi connectivity index (χ1n) is 2.55. The van der Waals surface area contributed by atoms with Gasteiger partial charge in [0.05, 0.1) is 0 Å². The Morgan fingerprint density at radius 1 is 1.45 bits per heavy atom. The molecule has 11 heavy (non-hydrogen) atoms. The van der Waals surface area contributed by atoms with Crippen LogP contribution in [0.4, 0.5) is 0 Å². The smallest absolute Gasteiger partial charge is 0.349 e. The lowest BCUT2D eigenvalue weighted by Crippen LogP contribution is -2.51. The molecule has 5 N–H and O–H groups in total. The first-order valence-corrected chi connectivity index (χ1v) is 2.55. The minimum Gasteiger partial charge on any atom is -0.479 e. The van der Waals surface area contributed by atoms with Crippen molar-refractivity contribution in [3.05, 3.63) is 0 Å². The third kappa shape index (κ3) is 1.87. The zero-order valence-corrected chi connectivity index (χ0v) is 5.70. The number of nitrogens with two attached hydrogens (primary N) is 1. The summed E-state index contributed by atoms with van der Waals surface area (Å²) in [5, 5.41) is 16.7. The number of carbonyl (C=O) groups is 2. The summed E-state index contributed by atoms with van der Waals surface area (Å²) in [7, 11) is 0. The molecular formula is C4H8N2O5. The highest BCUT2D eigenvalue weighted by atomic mass is 16.7. The number of hydrogen-bond donors (Lipinski definition) is 4. The van der Waals surface area contributed by atoms with E-state index < -0.39 is 17.5 Å². The second kappa shape index (κ2) is 3.28. The van der Waals surface area contributed by atoms with Crippen LogP contribution < -0.4 is 11.4 Å². The van der Waals surface area contributed by atoms with Crippen molar-refractivity contribution in [2.75, 3.05) is 0 Å². The molecule has 0 aliphatic carbocycles. The van der Waals surface area contributed by atoms with E-state index in [9.17, 15) is 9.59 Å². The predicted octanol–water partition coefficient (Wildman–Crippen LogP) is -1.69. The maximum atomic E-state index is 10.3. The van der Waals surface area contributed by atoms with E-state index in [1.807, 2.05) is 0 Å². The number of hydrazine groups is 1. The molecule has 0 unspecified atom stereocenters. The third-order valence-electron chi connectivity index (χ3n) is 1.08. The highest BCUT2D eigenvalue weighted by Gasteiger charge is 2.43. The molecule has 0 saturated carbocycles. The van der Waals surface area contributed by atoms with Crippen LogP contribution in [0.15, 0.2) is 0 Å². The number of carboxylic acids is 2. The molecule has 0 aliphatic heterocycles. The van der Waals surface area contributed by atoms with Crippen LogP contribution in [0.2, 0.25) is 0 Å². The van der Waals surface area contributed by atoms with Gasteiger partial charge in [-0.3, -0.25) is 4.84 Å². The molecule has 0 aromatic rings. The van der Waals surface area contributed by atoms with Crippen molar-refractivity contribution in [2.24, 2.45) is 5.84 Å². The lowest BCUT2D eigenvalue weighted by atomic mass is 10.1. The summed E-state index contributed by atoms with van der Waals surface area (Å²) in [6, 6.07) is 0. The first kappa shape index (κ1) is 9.82. The summed E-state index contributed by atoms with van der Waals surface area (Å²) < 4.78 is 0. The van der Waals surface area contributed by atoms with Crippen LogP contribution in [0.5, 0.6) is 0 Å². The summed E-state index contributed by atoms with van der Waals surface area (Å²) in [4.78, 5) is 24.6. The minimum absolute atomic E-state index is 0.859. The number of hydrogen-bond acceptors (Lipinski definition) is 5. The second-order valence-electron chi connectivity index (χ2n) is 1.86. The lowest BCUT2D eigenvalue weighted by Gasteiger charge is -2.17. The molecule has 0 atom stereocenters. The molecule has 0 radical (unpaired) electrons. The molecule has 0 saturated heterocycles. The number of rotatable bonds is 4. The summed E-state index contributed by atoms with van der Waals surface area (Å²) in [5.74, 6) is 1.32. The number of carboxylic acid groups (broad SMARTS) is 2. The van der Waals surface area contributed by atoms with Crippen molar-refractivity contribution < 1.29 is 24.6 Å². The molecule has 0 heterocycles. The Morgan fingerprint density at radius 2 is 1.82 bits per heavy atom. The van der Waals surface area contributed by atoms with Crippen LogP contribution in [-0.2, 0) is 14.4 Å². The Bertz CT molecular complexity index is 165. The largest absolute Gasteiger partial charge is 0.479 e. The van der Waals surface area contributed by atoms with Gasteiger partial charge in [0.15, 0.2) is 0 Å². The van der Waals surface area contributed by atoms with Crippen LogP contribution in [0.1, 0.15) is 6.92 Å². The fourth-order valence-corrected chi connectivity index (χ4v) is 0.297. The molecule has 0 fully saturated rings. The van der Waals surface area contributed by atoms with E-state index in [1.54, 1.807) is 0 Å². The highest BCUT2D eigenvalue weighted by Crippen LogP contribution is 2.07. The molecule has 0 bridgehead atoms. The van der Waals surface area contributed by atoms with Crippen molar-refractivity contribution in [3.8, 4) is 0 Å². The molecule has 0 spiro atoms. The van der Waals surface area contributed by atoms with Crippen molar-refractivity contribution >= 4 is 11.9 Å². The zero-order valence-electron chi connectivity index (χ0n) is 5.70. The zero-order chi connectivity index (χ0) is 9.07. The molecule has 7 nitrogen and oxygen atoms in total. The monoisotopic (exact) mass is 164 g/mol. The van der Waals surface area contributed by atoms with Gasteiger partial charge in [0.1, 0.15) is 0 Å². The summed E-state index contributed by atoms with van der Waals surface area (Å²) >= 11 is 0. The molecule has 64 valence electrons. The van der Waals surface area contributed by atoms with Crippen molar-refractivity contribution in [2.45, 2.75) is 12.5 Å². The Balaban J connectivity index is 4.52. The molecule has 0 amide bonds. The van der Waals surface area contributed by atoms with Crippen LogP contribution >= 0.6 is 0 Å². The molecule has 7 heteroatoms. The minimum atomic E-state index is -2.35. The maximum absolute atomic E-state index is 10.3. The summed E-state index contributed by atoms with van der Waals surface area (Å²) in [6.45, 7) is 0.859. The van der Waals surface area contributed by atoms with Crippen LogP contribution in [0.3, 0.4) is 0 Å². The van der Waals surface area contributed by atoms with Gasteiger partial charge in [0, 0.05) is 0 Å². The highest BCUT2D eigenvalue weighted by molar-refractivity contribution is 6.01. The van der Waals surface area contributed by atoms with E-state index in [-0.39, 0.29) is 0 Å². The Hall–Kier alpha value is -1.18. The fraction of sp³-hybridized carbons (Fsp3) is 0.500. The average molecular weight is 164 g/mol. The SMILES string of the molecule is CC(ONN)(C(=O)O)C(=O)O. The predicted molar refractivity (Wildman–Crippen MR) is 32.1 cm³/mol. The van der Waals surface area contributed by atoms with E-state index in [1.165, 1.54) is 5.59 Å². The maximum Gasteiger partial charge on any atom is 0.349 e. The molecule has 0 rings (SSSR count). The van der Waals surface area contributed by atoms with Gasteiger partial charge in [0.2, 0.25) is 0 Å². The topological polar surface area (TPSA) is 122 Å². The van der Waals surface area contributed by atoms with Gasteiger partial charge >= 0.3 is 11.9 Å². The molecular weight excluding hydrogens is 156 g/mol. The Kier molecular flexibility index (Phi) is 2.93. The number of aliphatic carboxylic acids is 2. The van der Waals surface area contributed by atoms with Crippen LogP contribution in [-0.4, -0.2) is 27.8 Å². The van der Waals surface area contributed by atoms with Gasteiger partial charge < -0.3 is 10.2 Å². The van der Waals surface area contributed by atoms with Crippen molar-refractivity contribution in [1.29, 1.82) is 0 Å². The van der Waals surface area contributed by atoms with Gasteiger partial charge in [-0.15, -0.1) is 5.59 Å². The van der Waals surface area contributed by atoms with Crippen LogP contribution in [0.25, 0.3) is 0 Å². The van der Waals surface area contributed by atoms with E-state index in [2.05, 4.69) is 10.7 Å². The molecule has 0 aromatic carbocycles. The van der Waals surface area contributed by atoms with Gasteiger partial charge in [-0.2, -0.15) is 0 Å². The molecule has 0 aliphatic rings. The molecule has 0 aromatic heterocycles. The van der Waals surface area contributed by atoms with Gasteiger partial charge in [-0.1, -0.05) is 0 Å². The Labute approximate surface area is 61.7 Å². The van der Waals surface area contributed by atoms with Crippen LogP contribution in [0, 0.1) is 0 Å². The van der Waals surface area contributed by atoms with E-state index in [0.29, 0.717) is 0 Å². The number of nitrogens with one attached hydrogen (secondary N) is 1. The van der Waals surface area contributed by atoms with Gasteiger partial charge in [-0.05, 0) is 6.92 Å². The van der Waals surface area contributed by atoms with Crippen molar-refractivity contribution in [3.63, 3.8) is 0 Å². The Morgan fingerprint density at radius 3 is 1.91 bits per heavy atom. The first-order chi connectivity index (χ1) is 4.95.